The van der Waals surface area contributed by atoms with E-state index >= 15 is 0 Å². The van der Waals surface area contributed by atoms with Crippen LogP contribution in [-0.4, -0.2) is 11.1 Å². The number of rotatable bonds is 1. The number of aromatic nitrogens is 1. The lowest BCUT2D eigenvalue weighted by atomic mass is 9.85. The fourth-order valence-corrected chi connectivity index (χ4v) is 3.15. The molecule has 0 radical (unpaired) electrons. The molecule has 0 aliphatic heterocycles. The zero-order valence-corrected chi connectivity index (χ0v) is 10.0. The topological polar surface area (TPSA) is 30.9 Å². The molecule has 1 unspecified atom stereocenters. The fourth-order valence-electron chi connectivity index (χ4n) is 3.15. The average Bonchev–Trinajstić information content (AvgIpc) is 2.63. The monoisotopic (exact) mass is 232 g/mol. The van der Waals surface area contributed by atoms with E-state index in [1.165, 1.54) is 23.1 Å². The third-order valence-corrected chi connectivity index (χ3v) is 3.99. The molecular weight excluding hydrogens is 215 g/mol. The van der Waals surface area contributed by atoms with Crippen LogP contribution < -0.4 is 5.73 Å². The second kappa shape index (κ2) is 3.84. The molecule has 1 aliphatic rings. The smallest absolute Gasteiger partial charge is 0.125 e. The Balaban J connectivity index is 2.34. The van der Waals surface area contributed by atoms with E-state index < -0.39 is 0 Å². The van der Waals surface area contributed by atoms with Crippen molar-refractivity contribution in [2.24, 2.45) is 12.8 Å². The highest BCUT2D eigenvalue weighted by Crippen LogP contribution is 2.38. The van der Waals surface area contributed by atoms with Crippen LogP contribution in [0.5, 0.6) is 0 Å². The van der Waals surface area contributed by atoms with Crippen LogP contribution in [0.2, 0.25) is 0 Å². The van der Waals surface area contributed by atoms with Crippen molar-refractivity contribution in [3.8, 4) is 0 Å². The van der Waals surface area contributed by atoms with Gasteiger partial charge in [-0.2, -0.15) is 0 Å². The molecule has 0 saturated heterocycles. The maximum Gasteiger partial charge on any atom is 0.125 e. The lowest BCUT2D eigenvalue weighted by Gasteiger charge is -2.22. The SMILES string of the molecule is Cn1c2c(c3ccc(F)cc31)C(CN)CCC2. The summed E-state index contributed by atoms with van der Waals surface area (Å²) in [4.78, 5) is 0. The molecule has 2 N–H and O–H groups in total. The van der Waals surface area contributed by atoms with Crippen LogP contribution in [0.25, 0.3) is 10.9 Å². The van der Waals surface area contributed by atoms with E-state index in [9.17, 15) is 4.39 Å². The van der Waals surface area contributed by atoms with Crippen molar-refractivity contribution in [1.82, 2.24) is 4.57 Å². The van der Waals surface area contributed by atoms with Gasteiger partial charge in [-0.05, 0) is 55.5 Å². The molecule has 90 valence electrons. The molecule has 1 aromatic heterocycles. The molecule has 1 aliphatic carbocycles. The molecule has 0 fully saturated rings. The Morgan fingerprint density at radius 2 is 2.29 bits per heavy atom. The van der Waals surface area contributed by atoms with Crippen LogP contribution in [0.15, 0.2) is 18.2 Å². The Bertz CT molecular complexity index is 571. The number of hydrogen-bond acceptors (Lipinski definition) is 1. The lowest BCUT2D eigenvalue weighted by molar-refractivity contribution is 0.549. The summed E-state index contributed by atoms with van der Waals surface area (Å²) in [5, 5.41) is 1.18. The minimum atomic E-state index is -0.167. The summed E-state index contributed by atoms with van der Waals surface area (Å²) in [5.41, 5.74) is 9.56. The van der Waals surface area contributed by atoms with Gasteiger partial charge < -0.3 is 10.3 Å². The maximum atomic E-state index is 13.3. The number of fused-ring (bicyclic) bond motifs is 3. The van der Waals surface area contributed by atoms with E-state index in [-0.39, 0.29) is 5.82 Å². The van der Waals surface area contributed by atoms with Crippen LogP contribution in [0.3, 0.4) is 0 Å². The minimum absolute atomic E-state index is 0.167. The maximum absolute atomic E-state index is 13.3. The standard InChI is InChI=1S/C14H17FN2/c1-17-12-4-2-3-9(8-16)14(12)11-6-5-10(15)7-13(11)17/h5-7,9H,2-4,8,16H2,1H3. The van der Waals surface area contributed by atoms with Crippen molar-refractivity contribution in [3.63, 3.8) is 0 Å². The van der Waals surface area contributed by atoms with Crippen molar-refractivity contribution in [2.75, 3.05) is 6.54 Å². The first-order valence-corrected chi connectivity index (χ1v) is 6.19. The van der Waals surface area contributed by atoms with Crippen LogP contribution in [0.1, 0.15) is 30.0 Å². The summed E-state index contributed by atoms with van der Waals surface area (Å²) >= 11 is 0. The molecule has 2 nitrogen and oxygen atoms in total. The molecule has 1 heterocycles. The first kappa shape index (κ1) is 10.8. The van der Waals surface area contributed by atoms with Crippen molar-refractivity contribution >= 4 is 10.9 Å². The summed E-state index contributed by atoms with van der Waals surface area (Å²) in [6.07, 6.45) is 3.42. The summed E-state index contributed by atoms with van der Waals surface area (Å²) in [6.45, 7) is 0.684. The summed E-state index contributed by atoms with van der Waals surface area (Å²) in [6, 6.07) is 5.07. The molecule has 3 heteroatoms. The Labute approximate surface area is 100 Å². The number of aryl methyl sites for hydroxylation is 1. The van der Waals surface area contributed by atoms with Crippen molar-refractivity contribution < 1.29 is 4.39 Å². The highest BCUT2D eigenvalue weighted by Gasteiger charge is 2.25. The number of benzene rings is 1. The number of halogens is 1. The molecule has 1 aromatic carbocycles. The Morgan fingerprint density at radius 3 is 3.06 bits per heavy atom. The molecule has 3 rings (SSSR count). The van der Waals surface area contributed by atoms with E-state index in [0.29, 0.717) is 12.5 Å². The molecule has 0 spiro atoms. The highest BCUT2D eigenvalue weighted by molar-refractivity contribution is 5.86. The normalized spacial score (nSPS) is 19.6. The van der Waals surface area contributed by atoms with Gasteiger partial charge in [-0.1, -0.05) is 0 Å². The molecule has 2 aromatic rings. The second-order valence-corrected chi connectivity index (χ2v) is 4.91. The molecular formula is C14H17FN2. The van der Waals surface area contributed by atoms with Gasteiger partial charge in [0, 0.05) is 18.1 Å². The largest absolute Gasteiger partial charge is 0.347 e. The van der Waals surface area contributed by atoms with Gasteiger partial charge in [-0.15, -0.1) is 0 Å². The predicted molar refractivity (Wildman–Crippen MR) is 67.6 cm³/mol. The molecule has 0 amide bonds. The Kier molecular flexibility index (Phi) is 2.44. The third kappa shape index (κ3) is 1.49. The summed E-state index contributed by atoms with van der Waals surface area (Å²) in [5.74, 6) is 0.271. The Morgan fingerprint density at radius 1 is 1.47 bits per heavy atom. The number of nitrogens with two attached hydrogens (primary N) is 1. The van der Waals surface area contributed by atoms with E-state index in [2.05, 4.69) is 4.57 Å². The van der Waals surface area contributed by atoms with Gasteiger partial charge in [0.05, 0.1) is 5.52 Å². The van der Waals surface area contributed by atoms with Gasteiger partial charge in [-0.3, -0.25) is 0 Å². The van der Waals surface area contributed by atoms with Gasteiger partial charge in [0.2, 0.25) is 0 Å². The van der Waals surface area contributed by atoms with Gasteiger partial charge >= 0.3 is 0 Å². The first-order chi connectivity index (χ1) is 8.22. The van der Waals surface area contributed by atoms with Crippen LogP contribution in [0, 0.1) is 5.82 Å². The zero-order valence-electron chi connectivity index (χ0n) is 10.0. The number of nitrogens with zero attached hydrogens (tertiary/aromatic N) is 1. The van der Waals surface area contributed by atoms with Gasteiger partial charge in [0.1, 0.15) is 5.82 Å². The van der Waals surface area contributed by atoms with E-state index in [0.717, 1.165) is 18.4 Å². The van der Waals surface area contributed by atoms with Crippen LogP contribution in [-0.2, 0) is 13.5 Å². The fraction of sp³-hybridized carbons (Fsp3) is 0.429. The van der Waals surface area contributed by atoms with E-state index in [1.54, 1.807) is 12.1 Å². The quantitative estimate of drug-likeness (QED) is 0.805. The van der Waals surface area contributed by atoms with Gasteiger partial charge in [0.25, 0.3) is 0 Å². The number of hydrogen-bond donors (Lipinski definition) is 1. The van der Waals surface area contributed by atoms with Crippen LogP contribution in [0.4, 0.5) is 4.39 Å². The van der Waals surface area contributed by atoms with Crippen molar-refractivity contribution in [3.05, 3.63) is 35.3 Å². The van der Waals surface area contributed by atoms with Gasteiger partial charge in [0.15, 0.2) is 0 Å². The first-order valence-electron chi connectivity index (χ1n) is 6.19. The van der Waals surface area contributed by atoms with E-state index in [4.69, 9.17) is 5.73 Å². The second-order valence-electron chi connectivity index (χ2n) is 4.91. The average molecular weight is 232 g/mol. The van der Waals surface area contributed by atoms with Gasteiger partial charge in [-0.25, -0.2) is 4.39 Å². The Hall–Kier alpha value is -1.35. The molecule has 1 atom stereocenters. The molecule has 17 heavy (non-hydrogen) atoms. The third-order valence-electron chi connectivity index (χ3n) is 3.99. The van der Waals surface area contributed by atoms with E-state index in [1.807, 2.05) is 13.1 Å². The minimum Gasteiger partial charge on any atom is -0.347 e. The van der Waals surface area contributed by atoms with Crippen molar-refractivity contribution in [2.45, 2.75) is 25.2 Å². The van der Waals surface area contributed by atoms with Crippen molar-refractivity contribution in [1.29, 1.82) is 0 Å². The van der Waals surface area contributed by atoms with Crippen LogP contribution >= 0.6 is 0 Å². The molecule has 0 bridgehead atoms. The summed E-state index contributed by atoms with van der Waals surface area (Å²) in [7, 11) is 2.03. The summed E-state index contributed by atoms with van der Waals surface area (Å²) < 4.78 is 15.5. The predicted octanol–water partition coefficient (Wildman–Crippen LogP) is 2.70. The highest BCUT2D eigenvalue weighted by atomic mass is 19.1. The molecule has 0 saturated carbocycles. The zero-order chi connectivity index (χ0) is 12.0. The lowest BCUT2D eigenvalue weighted by Crippen LogP contribution is -2.18.